The number of hydrogen-bond acceptors (Lipinski definition) is 0. The summed E-state index contributed by atoms with van der Waals surface area (Å²) in [7, 11) is 0. The van der Waals surface area contributed by atoms with Crippen molar-refractivity contribution in [1.82, 2.24) is 0 Å². The summed E-state index contributed by atoms with van der Waals surface area (Å²) in [5.74, 6) is 1.78. The summed E-state index contributed by atoms with van der Waals surface area (Å²) in [6.07, 6.45) is 13.5. The van der Waals surface area contributed by atoms with Crippen LogP contribution in [0.2, 0.25) is 0 Å². The normalized spacial score (nSPS) is 19.5. The quantitative estimate of drug-likeness (QED) is 0.545. The van der Waals surface area contributed by atoms with Crippen molar-refractivity contribution in [2.24, 2.45) is 17.3 Å². The second-order valence-corrected chi connectivity index (χ2v) is 6.11. The highest BCUT2D eigenvalue weighted by Gasteiger charge is 2.18. The Kier molecular flexibility index (Phi) is 4.89. The molecule has 0 aromatic heterocycles. The van der Waals surface area contributed by atoms with Crippen molar-refractivity contribution in [3.63, 3.8) is 0 Å². The van der Waals surface area contributed by atoms with Crippen molar-refractivity contribution in [2.45, 2.75) is 66.2 Å². The van der Waals surface area contributed by atoms with E-state index in [1.165, 1.54) is 38.5 Å². The Hall–Kier alpha value is -0.260. The molecule has 0 N–H and O–H groups in total. The van der Waals surface area contributed by atoms with E-state index < -0.39 is 0 Å². The van der Waals surface area contributed by atoms with Crippen molar-refractivity contribution in [3.05, 3.63) is 12.2 Å². The molecule has 1 saturated carbocycles. The monoisotopic (exact) mass is 208 g/mol. The Bertz CT molecular complexity index is 192. The first-order valence-electron chi connectivity index (χ1n) is 6.70. The molecule has 0 spiro atoms. The van der Waals surface area contributed by atoms with E-state index >= 15 is 0 Å². The average Bonchev–Trinajstić information content (AvgIpc) is 2.64. The summed E-state index contributed by atoms with van der Waals surface area (Å²) in [5, 5.41) is 0. The topological polar surface area (TPSA) is 0 Å². The minimum atomic E-state index is 0.371. The first kappa shape index (κ1) is 12.8. The molecular formula is C15H28. The lowest BCUT2D eigenvalue weighted by Crippen LogP contribution is -2.15. The van der Waals surface area contributed by atoms with Crippen LogP contribution in [0.3, 0.4) is 0 Å². The Labute approximate surface area is 96.2 Å². The molecule has 0 heteroatoms. The third kappa shape index (κ3) is 4.40. The van der Waals surface area contributed by atoms with Gasteiger partial charge >= 0.3 is 0 Å². The van der Waals surface area contributed by atoms with Crippen LogP contribution in [0.5, 0.6) is 0 Å². The van der Waals surface area contributed by atoms with Gasteiger partial charge in [-0.15, -0.1) is 0 Å². The maximum absolute atomic E-state index is 2.42. The molecule has 0 unspecified atom stereocenters. The number of hydrogen-bond donors (Lipinski definition) is 0. The SMILES string of the molecule is CC(C)C(C)(C)C=CCCC1CCCC1. The third-order valence-corrected chi connectivity index (χ3v) is 4.25. The van der Waals surface area contributed by atoms with Crippen LogP contribution in [0.1, 0.15) is 66.2 Å². The van der Waals surface area contributed by atoms with Gasteiger partial charge in [0.2, 0.25) is 0 Å². The zero-order valence-corrected chi connectivity index (χ0v) is 11.1. The maximum atomic E-state index is 2.42. The summed E-state index contributed by atoms with van der Waals surface area (Å²) in [4.78, 5) is 0. The van der Waals surface area contributed by atoms with Gasteiger partial charge in [-0.2, -0.15) is 0 Å². The Morgan fingerprint density at radius 3 is 2.33 bits per heavy atom. The molecule has 0 radical (unpaired) electrons. The molecule has 0 nitrogen and oxygen atoms in total. The van der Waals surface area contributed by atoms with E-state index in [9.17, 15) is 0 Å². The largest absolute Gasteiger partial charge is 0.0880 e. The van der Waals surface area contributed by atoms with Gasteiger partial charge in [-0.05, 0) is 30.1 Å². The van der Waals surface area contributed by atoms with Gasteiger partial charge in [-0.25, -0.2) is 0 Å². The van der Waals surface area contributed by atoms with Crippen molar-refractivity contribution >= 4 is 0 Å². The van der Waals surface area contributed by atoms with Crippen LogP contribution in [0.25, 0.3) is 0 Å². The van der Waals surface area contributed by atoms with Crippen LogP contribution in [0, 0.1) is 17.3 Å². The molecule has 88 valence electrons. The van der Waals surface area contributed by atoms with Gasteiger partial charge in [0.1, 0.15) is 0 Å². The van der Waals surface area contributed by atoms with Gasteiger partial charge in [0, 0.05) is 0 Å². The van der Waals surface area contributed by atoms with Crippen LogP contribution in [-0.4, -0.2) is 0 Å². The lowest BCUT2D eigenvalue weighted by atomic mass is 9.81. The van der Waals surface area contributed by atoms with Crippen molar-refractivity contribution < 1.29 is 0 Å². The van der Waals surface area contributed by atoms with Crippen LogP contribution < -0.4 is 0 Å². The highest BCUT2D eigenvalue weighted by atomic mass is 14.2. The first-order chi connectivity index (χ1) is 7.02. The molecule has 0 aliphatic heterocycles. The lowest BCUT2D eigenvalue weighted by Gasteiger charge is -2.25. The van der Waals surface area contributed by atoms with E-state index in [4.69, 9.17) is 0 Å². The zero-order valence-electron chi connectivity index (χ0n) is 11.1. The second-order valence-electron chi connectivity index (χ2n) is 6.11. The summed E-state index contributed by atoms with van der Waals surface area (Å²) >= 11 is 0. The fraction of sp³-hybridized carbons (Fsp3) is 0.867. The average molecular weight is 208 g/mol. The minimum absolute atomic E-state index is 0.371. The molecule has 1 rings (SSSR count). The molecule has 0 atom stereocenters. The van der Waals surface area contributed by atoms with Crippen molar-refractivity contribution in [2.75, 3.05) is 0 Å². The molecule has 1 aliphatic carbocycles. The van der Waals surface area contributed by atoms with E-state index in [1.54, 1.807) is 0 Å². The minimum Gasteiger partial charge on any atom is -0.0880 e. The zero-order chi connectivity index (χ0) is 11.3. The third-order valence-electron chi connectivity index (χ3n) is 4.25. The van der Waals surface area contributed by atoms with Crippen molar-refractivity contribution in [3.8, 4) is 0 Å². The van der Waals surface area contributed by atoms with Gasteiger partial charge in [0.25, 0.3) is 0 Å². The van der Waals surface area contributed by atoms with Crippen LogP contribution in [-0.2, 0) is 0 Å². The smallest absolute Gasteiger partial charge is 0.0152 e. The van der Waals surface area contributed by atoms with E-state index in [2.05, 4.69) is 39.8 Å². The molecule has 0 amide bonds. The van der Waals surface area contributed by atoms with Gasteiger partial charge in [-0.1, -0.05) is 65.5 Å². The number of rotatable bonds is 5. The Morgan fingerprint density at radius 1 is 1.20 bits per heavy atom. The highest BCUT2D eigenvalue weighted by Crippen LogP contribution is 2.30. The van der Waals surface area contributed by atoms with Gasteiger partial charge in [0.15, 0.2) is 0 Å². The van der Waals surface area contributed by atoms with Crippen molar-refractivity contribution in [1.29, 1.82) is 0 Å². The predicted octanol–water partition coefficient (Wildman–Crippen LogP) is 5.20. The van der Waals surface area contributed by atoms with Gasteiger partial charge in [0.05, 0.1) is 0 Å². The van der Waals surface area contributed by atoms with Crippen LogP contribution in [0.15, 0.2) is 12.2 Å². The van der Waals surface area contributed by atoms with E-state index in [-0.39, 0.29) is 0 Å². The summed E-state index contributed by atoms with van der Waals surface area (Å²) < 4.78 is 0. The van der Waals surface area contributed by atoms with Crippen LogP contribution in [0.4, 0.5) is 0 Å². The summed E-state index contributed by atoms with van der Waals surface area (Å²) in [6.45, 7) is 9.29. The Morgan fingerprint density at radius 2 is 1.80 bits per heavy atom. The van der Waals surface area contributed by atoms with E-state index in [0.29, 0.717) is 5.41 Å². The van der Waals surface area contributed by atoms with E-state index in [1.807, 2.05) is 0 Å². The fourth-order valence-electron chi connectivity index (χ4n) is 2.21. The second kappa shape index (κ2) is 5.72. The molecule has 0 saturated heterocycles. The molecule has 0 heterocycles. The molecule has 1 fully saturated rings. The number of allylic oxidation sites excluding steroid dienone is 2. The predicted molar refractivity (Wildman–Crippen MR) is 69.0 cm³/mol. The molecule has 0 bridgehead atoms. The molecule has 1 aliphatic rings. The lowest BCUT2D eigenvalue weighted by molar-refractivity contribution is 0.332. The fourth-order valence-corrected chi connectivity index (χ4v) is 2.21. The molecule has 0 aromatic rings. The molecular weight excluding hydrogens is 180 g/mol. The Balaban J connectivity index is 2.20. The highest BCUT2D eigenvalue weighted by molar-refractivity contribution is 4.96. The summed E-state index contributed by atoms with van der Waals surface area (Å²) in [5.41, 5.74) is 0.371. The summed E-state index contributed by atoms with van der Waals surface area (Å²) in [6, 6.07) is 0. The van der Waals surface area contributed by atoms with E-state index in [0.717, 1.165) is 11.8 Å². The molecule has 15 heavy (non-hydrogen) atoms. The standard InChI is InChI=1S/C15H28/c1-13(2)15(3,4)12-8-7-11-14-9-5-6-10-14/h8,12-14H,5-7,9-11H2,1-4H3. The molecule has 0 aromatic carbocycles. The van der Waals surface area contributed by atoms with Gasteiger partial charge < -0.3 is 0 Å². The maximum Gasteiger partial charge on any atom is -0.0152 e. The van der Waals surface area contributed by atoms with Crippen LogP contribution >= 0.6 is 0 Å². The van der Waals surface area contributed by atoms with Gasteiger partial charge in [-0.3, -0.25) is 0 Å². The first-order valence-corrected chi connectivity index (χ1v) is 6.70.